The Balaban J connectivity index is 2.00. The third kappa shape index (κ3) is 2.18. The first-order valence-corrected chi connectivity index (χ1v) is 6.70. The number of pyridine rings is 1. The van der Waals surface area contributed by atoms with Gasteiger partial charge in [0.15, 0.2) is 0 Å². The van der Waals surface area contributed by atoms with E-state index in [4.69, 9.17) is 5.73 Å². The van der Waals surface area contributed by atoms with Crippen molar-refractivity contribution in [3.63, 3.8) is 0 Å². The van der Waals surface area contributed by atoms with Gasteiger partial charge in [-0.15, -0.1) is 0 Å². The van der Waals surface area contributed by atoms with Crippen molar-refractivity contribution in [3.05, 3.63) is 36.5 Å². The molecular weight excluding hydrogens is 222 g/mol. The van der Waals surface area contributed by atoms with Crippen LogP contribution in [0.2, 0.25) is 0 Å². The van der Waals surface area contributed by atoms with Crippen LogP contribution in [-0.2, 0) is 0 Å². The van der Waals surface area contributed by atoms with E-state index in [1.165, 1.54) is 23.6 Å². The van der Waals surface area contributed by atoms with Crippen LogP contribution in [0.1, 0.15) is 19.3 Å². The molecule has 3 nitrogen and oxygen atoms in total. The zero-order valence-corrected chi connectivity index (χ0v) is 10.5. The van der Waals surface area contributed by atoms with Crippen molar-refractivity contribution in [2.75, 3.05) is 18.0 Å². The lowest BCUT2D eigenvalue weighted by molar-refractivity contribution is 0.726. The minimum absolute atomic E-state index is 0.676. The van der Waals surface area contributed by atoms with Gasteiger partial charge < -0.3 is 10.6 Å². The molecule has 1 heterocycles. The fourth-order valence-electron chi connectivity index (χ4n) is 2.44. The Kier molecular flexibility index (Phi) is 3.15. The van der Waals surface area contributed by atoms with E-state index in [-0.39, 0.29) is 0 Å². The third-order valence-corrected chi connectivity index (χ3v) is 3.52. The number of hydrogen-bond acceptors (Lipinski definition) is 3. The Morgan fingerprint density at radius 3 is 2.83 bits per heavy atom. The van der Waals surface area contributed by atoms with Gasteiger partial charge in [-0.3, -0.25) is 0 Å². The van der Waals surface area contributed by atoms with E-state index in [0.29, 0.717) is 6.04 Å². The van der Waals surface area contributed by atoms with Gasteiger partial charge in [0.25, 0.3) is 0 Å². The third-order valence-electron chi connectivity index (χ3n) is 3.52. The number of fused-ring (bicyclic) bond motifs is 1. The Morgan fingerprint density at radius 1 is 1.22 bits per heavy atom. The van der Waals surface area contributed by atoms with E-state index in [0.717, 1.165) is 25.3 Å². The van der Waals surface area contributed by atoms with Crippen molar-refractivity contribution in [2.24, 2.45) is 5.73 Å². The summed E-state index contributed by atoms with van der Waals surface area (Å²) in [5.74, 6) is 1.13. The maximum absolute atomic E-state index is 5.64. The van der Waals surface area contributed by atoms with Gasteiger partial charge in [0.2, 0.25) is 0 Å². The fourth-order valence-corrected chi connectivity index (χ4v) is 2.44. The first-order valence-electron chi connectivity index (χ1n) is 6.70. The van der Waals surface area contributed by atoms with Crippen molar-refractivity contribution in [1.29, 1.82) is 0 Å². The van der Waals surface area contributed by atoms with E-state index in [2.05, 4.69) is 40.2 Å². The second-order valence-electron chi connectivity index (χ2n) is 4.92. The van der Waals surface area contributed by atoms with Crippen molar-refractivity contribution >= 4 is 16.6 Å². The van der Waals surface area contributed by atoms with Crippen molar-refractivity contribution in [2.45, 2.75) is 25.3 Å². The Hall–Kier alpha value is -1.61. The van der Waals surface area contributed by atoms with Crippen LogP contribution in [0.4, 0.5) is 5.82 Å². The summed E-state index contributed by atoms with van der Waals surface area (Å²) in [5.41, 5.74) is 5.64. The van der Waals surface area contributed by atoms with E-state index >= 15 is 0 Å². The normalized spacial score (nSPS) is 14.9. The average molecular weight is 241 g/mol. The minimum atomic E-state index is 0.676. The molecule has 0 unspecified atom stereocenters. The molecule has 0 aliphatic heterocycles. The highest BCUT2D eigenvalue weighted by molar-refractivity contribution is 5.92. The zero-order valence-electron chi connectivity index (χ0n) is 10.5. The number of rotatable bonds is 5. The molecule has 0 bridgehead atoms. The molecule has 2 N–H and O–H groups in total. The van der Waals surface area contributed by atoms with Gasteiger partial charge in [0, 0.05) is 24.2 Å². The first kappa shape index (κ1) is 11.5. The van der Waals surface area contributed by atoms with Gasteiger partial charge in [-0.05, 0) is 37.3 Å². The van der Waals surface area contributed by atoms with Crippen LogP contribution in [0.3, 0.4) is 0 Å². The Bertz CT molecular complexity index is 529. The van der Waals surface area contributed by atoms with Crippen LogP contribution in [0.25, 0.3) is 10.8 Å². The standard InChI is InChI=1S/C15H19N3/c16-9-3-11-18(13-6-7-13)15-14-5-2-1-4-12(14)8-10-17-15/h1-2,4-5,8,10,13H,3,6-7,9,11,16H2. The summed E-state index contributed by atoms with van der Waals surface area (Å²) in [4.78, 5) is 7.05. The van der Waals surface area contributed by atoms with E-state index < -0.39 is 0 Å². The molecule has 0 radical (unpaired) electrons. The SMILES string of the molecule is NCCCN(c1nccc2ccccc12)C1CC1. The molecular formula is C15H19N3. The molecule has 1 aliphatic rings. The highest BCUT2D eigenvalue weighted by atomic mass is 15.2. The van der Waals surface area contributed by atoms with Gasteiger partial charge in [0.05, 0.1) is 0 Å². The largest absolute Gasteiger partial charge is 0.353 e. The van der Waals surface area contributed by atoms with Crippen LogP contribution in [-0.4, -0.2) is 24.1 Å². The number of nitrogens with zero attached hydrogens (tertiary/aromatic N) is 2. The molecule has 0 spiro atoms. The van der Waals surface area contributed by atoms with Gasteiger partial charge in [-0.25, -0.2) is 4.98 Å². The highest BCUT2D eigenvalue weighted by Gasteiger charge is 2.30. The average Bonchev–Trinajstić information content (AvgIpc) is 3.24. The van der Waals surface area contributed by atoms with Crippen LogP contribution in [0.15, 0.2) is 36.5 Å². The Morgan fingerprint density at radius 2 is 2.06 bits per heavy atom. The van der Waals surface area contributed by atoms with Crippen LogP contribution in [0, 0.1) is 0 Å². The maximum atomic E-state index is 5.64. The van der Waals surface area contributed by atoms with E-state index in [9.17, 15) is 0 Å². The highest BCUT2D eigenvalue weighted by Crippen LogP contribution is 2.34. The molecule has 94 valence electrons. The van der Waals surface area contributed by atoms with Gasteiger partial charge >= 0.3 is 0 Å². The summed E-state index contributed by atoms with van der Waals surface area (Å²) in [6.07, 6.45) is 5.52. The van der Waals surface area contributed by atoms with Gasteiger partial charge in [-0.1, -0.05) is 24.3 Å². The summed E-state index contributed by atoms with van der Waals surface area (Å²) in [5, 5.41) is 2.52. The van der Waals surface area contributed by atoms with Crippen LogP contribution < -0.4 is 10.6 Å². The lowest BCUT2D eigenvalue weighted by Gasteiger charge is -2.24. The monoisotopic (exact) mass is 241 g/mol. The molecule has 3 rings (SSSR count). The number of nitrogens with two attached hydrogens (primary N) is 1. The van der Waals surface area contributed by atoms with E-state index in [1.807, 2.05) is 6.20 Å². The van der Waals surface area contributed by atoms with Gasteiger partial charge in [-0.2, -0.15) is 0 Å². The molecule has 1 fully saturated rings. The van der Waals surface area contributed by atoms with Crippen molar-refractivity contribution in [1.82, 2.24) is 4.98 Å². The number of anilines is 1. The van der Waals surface area contributed by atoms with Crippen LogP contribution >= 0.6 is 0 Å². The maximum Gasteiger partial charge on any atom is 0.136 e. The fraction of sp³-hybridized carbons (Fsp3) is 0.400. The van der Waals surface area contributed by atoms with Crippen molar-refractivity contribution < 1.29 is 0 Å². The topological polar surface area (TPSA) is 42.1 Å². The summed E-state index contributed by atoms with van der Waals surface area (Å²) >= 11 is 0. The lowest BCUT2D eigenvalue weighted by atomic mass is 10.1. The lowest BCUT2D eigenvalue weighted by Crippen LogP contribution is -2.29. The molecule has 1 aromatic carbocycles. The molecule has 18 heavy (non-hydrogen) atoms. The summed E-state index contributed by atoms with van der Waals surface area (Å²) in [6, 6.07) is 11.2. The van der Waals surface area contributed by atoms with Crippen molar-refractivity contribution in [3.8, 4) is 0 Å². The van der Waals surface area contributed by atoms with Crippen LogP contribution in [0.5, 0.6) is 0 Å². The predicted molar refractivity (Wildman–Crippen MR) is 75.8 cm³/mol. The molecule has 0 amide bonds. The Labute approximate surface area is 108 Å². The summed E-state index contributed by atoms with van der Waals surface area (Å²) in [7, 11) is 0. The molecule has 1 saturated carbocycles. The molecule has 0 atom stereocenters. The second-order valence-corrected chi connectivity index (χ2v) is 4.92. The van der Waals surface area contributed by atoms with E-state index in [1.54, 1.807) is 0 Å². The molecule has 0 saturated heterocycles. The smallest absolute Gasteiger partial charge is 0.136 e. The second kappa shape index (κ2) is 4.94. The quantitative estimate of drug-likeness (QED) is 0.874. The number of benzene rings is 1. The first-order chi connectivity index (χ1) is 8.90. The summed E-state index contributed by atoms with van der Waals surface area (Å²) in [6.45, 7) is 1.76. The number of aromatic nitrogens is 1. The molecule has 1 aliphatic carbocycles. The minimum Gasteiger partial charge on any atom is -0.353 e. The molecule has 3 heteroatoms. The predicted octanol–water partition coefficient (Wildman–Crippen LogP) is 2.55. The van der Waals surface area contributed by atoms with Gasteiger partial charge in [0.1, 0.15) is 5.82 Å². The molecule has 2 aromatic rings. The number of hydrogen-bond donors (Lipinski definition) is 1. The zero-order chi connectivity index (χ0) is 12.4. The molecule has 1 aromatic heterocycles. The summed E-state index contributed by atoms with van der Waals surface area (Å²) < 4.78 is 0.